The number of ether oxygens (including phenoxy) is 1. The number of hydrogen-bond donors (Lipinski definition) is 1. The molecule has 1 saturated heterocycles. The lowest BCUT2D eigenvalue weighted by molar-refractivity contribution is -0.134. The Morgan fingerprint density at radius 3 is 2.87 bits per heavy atom. The van der Waals surface area contributed by atoms with Gasteiger partial charge in [0.05, 0.1) is 13.0 Å². The Morgan fingerprint density at radius 2 is 2.27 bits per heavy atom. The number of rotatable bonds is 4. The van der Waals surface area contributed by atoms with Gasteiger partial charge in [0.25, 0.3) is 0 Å². The van der Waals surface area contributed by atoms with Gasteiger partial charge in [0.2, 0.25) is 5.91 Å². The predicted molar refractivity (Wildman–Crippen MR) is 59.8 cm³/mol. The van der Waals surface area contributed by atoms with E-state index in [1.807, 2.05) is 11.8 Å². The lowest BCUT2D eigenvalue weighted by Crippen LogP contribution is -2.58. The number of nitrogens with zero attached hydrogens (tertiary/aromatic N) is 1. The van der Waals surface area contributed by atoms with Crippen LogP contribution in [0.15, 0.2) is 0 Å². The van der Waals surface area contributed by atoms with E-state index in [9.17, 15) is 4.79 Å². The van der Waals surface area contributed by atoms with Crippen molar-refractivity contribution in [2.75, 3.05) is 32.8 Å². The van der Waals surface area contributed by atoms with Gasteiger partial charge in [-0.25, -0.2) is 0 Å². The summed E-state index contributed by atoms with van der Waals surface area (Å²) in [5.41, 5.74) is 0.0412. The minimum Gasteiger partial charge on any atom is -0.381 e. The summed E-state index contributed by atoms with van der Waals surface area (Å²) in [6, 6.07) is 0. The molecule has 1 rings (SSSR count). The summed E-state index contributed by atoms with van der Waals surface area (Å²) >= 11 is 0. The molecule has 0 spiro atoms. The van der Waals surface area contributed by atoms with Crippen LogP contribution < -0.4 is 5.32 Å². The van der Waals surface area contributed by atoms with E-state index in [1.165, 1.54) is 0 Å². The lowest BCUT2D eigenvalue weighted by Gasteiger charge is -2.39. The molecule has 0 radical (unpaired) electrons. The van der Waals surface area contributed by atoms with Gasteiger partial charge >= 0.3 is 0 Å². The Hall–Kier alpha value is -0.610. The monoisotopic (exact) mass is 214 g/mol. The predicted octanol–water partition coefficient (Wildman–Crippen LogP) is 0.623. The van der Waals surface area contributed by atoms with E-state index in [2.05, 4.69) is 19.2 Å². The summed E-state index contributed by atoms with van der Waals surface area (Å²) in [6.07, 6.45) is 0.504. The van der Waals surface area contributed by atoms with Crippen molar-refractivity contribution in [3.05, 3.63) is 0 Å². The standard InChI is InChI=1S/C11H22N2O2/c1-4-15-8-5-10(14)13-7-6-12-11(2,3)9-13/h12H,4-9H2,1-3H3. The first-order valence-corrected chi connectivity index (χ1v) is 5.66. The van der Waals surface area contributed by atoms with Crippen molar-refractivity contribution in [2.24, 2.45) is 0 Å². The summed E-state index contributed by atoms with van der Waals surface area (Å²) < 4.78 is 5.18. The first-order chi connectivity index (χ1) is 7.05. The smallest absolute Gasteiger partial charge is 0.224 e. The van der Waals surface area contributed by atoms with Crippen LogP contribution in [0.1, 0.15) is 27.2 Å². The van der Waals surface area contributed by atoms with Crippen molar-refractivity contribution in [2.45, 2.75) is 32.7 Å². The molecule has 0 aromatic rings. The Bertz CT molecular complexity index is 217. The normalized spacial score (nSPS) is 20.3. The molecule has 1 aliphatic rings. The quantitative estimate of drug-likeness (QED) is 0.698. The zero-order chi connectivity index (χ0) is 11.3. The minimum absolute atomic E-state index is 0.0412. The van der Waals surface area contributed by atoms with Gasteiger partial charge in [-0.15, -0.1) is 0 Å². The van der Waals surface area contributed by atoms with Crippen LogP contribution in [-0.2, 0) is 9.53 Å². The van der Waals surface area contributed by atoms with Crippen LogP contribution in [0.4, 0.5) is 0 Å². The molecule has 0 atom stereocenters. The van der Waals surface area contributed by atoms with Crippen molar-refractivity contribution < 1.29 is 9.53 Å². The van der Waals surface area contributed by atoms with Gasteiger partial charge in [-0.1, -0.05) is 0 Å². The third-order valence-corrected chi connectivity index (χ3v) is 2.59. The molecule has 88 valence electrons. The lowest BCUT2D eigenvalue weighted by atomic mass is 10.0. The van der Waals surface area contributed by atoms with Gasteiger partial charge < -0.3 is 15.0 Å². The van der Waals surface area contributed by atoms with Gasteiger partial charge in [0.15, 0.2) is 0 Å². The zero-order valence-corrected chi connectivity index (χ0v) is 10.0. The highest BCUT2D eigenvalue weighted by Crippen LogP contribution is 2.11. The molecular weight excluding hydrogens is 192 g/mol. The van der Waals surface area contributed by atoms with Crippen molar-refractivity contribution in [3.8, 4) is 0 Å². The second-order valence-corrected chi connectivity index (χ2v) is 4.57. The van der Waals surface area contributed by atoms with Gasteiger partial charge in [-0.05, 0) is 20.8 Å². The fourth-order valence-corrected chi connectivity index (χ4v) is 1.82. The van der Waals surface area contributed by atoms with E-state index < -0.39 is 0 Å². The molecule has 0 aromatic heterocycles. The maximum Gasteiger partial charge on any atom is 0.224 e. The van der Waals surface area contributed by atoms with Gasteiger partial charge in [0, 0.05) is 31.8 Å². The molecule has 4 nitrogen and oxygen atoms in total. The maximum absolute atomic E-state index is 11.8. The number of carbonyl (C=O) groups is 1. The topological polar surface area (TPSA) is 41.6 Å². The van der Waals surface area contributed by atoms with Gasteiger partial charge in [-0.2, -0.15) is 0 Å². The fraction of sp³-hybridized carbons (Fsp3) is 0.909. The SMILES string of the molecule is CCOCCC(=O)N1CCNC(C)(C)C1. The van der Waals surface area contributed by atoms with E-state index in [0.29, 0.717) is 19.6 Å². The van der Waals surface area contributed by atoms with Crippen LogP contribution >= 0.6 is 0 Å². The van der Waals surface area contributed by atoms with Crippen molar-refractivity contribution in [1.29, 1.82) is 0 Å². The van der Waals surface area contributed by atoms with E-state index in [1.54, 1.807) is 0 Å². The molecule has 0 aliphatic carbocycles. The summed E-state index contributed by atoms with van der Waals surface area (Å²) in [5, 5.41) is 3.39. The van der Waals surface area contributed by atoms with Crippen molar-refractivity contribution in [1.82, 2.24) is 10.2 Å². The Morgan fingerprint density at radius 1 is 1.53 bits per heavy atom. The molecule has 4 heteroatoms. The number of nitrogens with one attached hydrogen (secondary N) is 1. The van der Waals surface area contributed by atoms with Crippen LogP contribution in [0.5, 0.6) is 0 Å². The molecule has 1 heterocycles. The van der Waals surface area contributed by atoms with E-state index in [4.69, 9.17) is 4.74 Å². The van der Waals surface area contributed by atoms with Crippen LogP contribution in [0.2, 0.25) is 0 Å². The molecule has 0 aromatic carbocycles. The first kappa shape index (κ1) is 12.5. The molecule has 1 N–H and O–H groups in total. The largest absolute Gasteiger partial charge is 0.381 e. The van der Waals surface area contributed by atoms with E-state index in [-0.39, 0.29) is 11.4 Å². The third-order valence-electron chi connectivity index (χ3n) is 2.59. The number of hydrogen-bond acceptors (Lipinski definition) is 3. The van der Waals surface area contributed by atoms with Crippen molar-refractivity contribution in [3.63, 3.8) is 0 Å². The fourth-order valence-electron chi connectivity index (χ4n) is 1.82. The number of piperazine rings is 1. The second kappa shape index (κ2) is 5.47. The minimum atomic E-state index is 0.0412. The highest BCUT2D eigenvalue weighted by Gasteiger charge is 2.27. The van der Waals surface area contributed by atoms with Crippen molar-refractivity contribution >= 4 is 5.91 Å². The highest BCUT2D eigenvalue weighted by atomic mass is 16.5. The molecule has 0 unspecified atom stereocenters. The maximum atomic E-state index is 11.8. The number of amides is 1. The van der Waals surface area contributed by atoms with Crippen LogP contribution in [-0.4, -0.2) is 49.2 Å². The summed E-state index contributed by atoms with van der Waals surface area (Å²) in [6.45, 7) is 9.89. The molecule has 1 fully saturated rings. The highest BCUT2D eigenvalue weighted by molar-refractivity contribution is 5.76. The average molecular weight is 214 g/mol. The number of carbonyl (C=O) groups excluding carboxylic acids is 1. The van der Waals surface area contributed by atoms with E-state index in [0.717, 1.165) is 19.6 Å². The van der Waals surface area contributed by atoms with Gasteiger partial charge in [0.1, 0.15) is 0 Å². The first-order valence-electron chi connectivity index (χ1n) is 5.66. The molecule has 0 saturated carbocycles. The summed E-state index contributed by atoms with van der Waals surface area (Å²) in [4.78, 5) is 13.7. The molecule has 1 aliphatic heterocycles. The Kier molecular flexibility index (Phi) is 4.54. The molecule has 15 heavy (non-hydrogen) atoms. The van der Waals surface area contributed by atoms with Crippen LogP contribution in [0.3, 0.4) is 0 Å². The zero-order valence-electron chi connectivity index (χ0n) is 10.0. The molecular formula is C11H22N2O2. The molecule has 0 bridgehead atoms. The summed E-state index contributed by atoms with van der Waals surface area (Å²) in [7, 11) is 0. The van der Waals surface area contributed by atoms with E-state index >= 15 is 0 Å². The summed E-state index contributed by atoms with van der Waals surface area (Å²) in [5.74, 6) is 0.207. The Balaban J connectivity index is 2.32. The average Bonchev–Trinajstić information content (AvgIpc) is 2.16. The second-order valence-electron chi connectivity index (χ2n) is 4.57. The third kappa shape index (κ3) is 4.18. The van der Waals surface area contributed by atoms with Gasteiger partial charge in [-0.3, -0.25) is 4.79 Å². The Labute approximate surface area is 92.0 Å². The van der Waals surface area contributed by atoms with Crippen LogP contribution in [0, 0.1) is 0 Å². The van der Waals surface area contributed by atoms with Crippen LogP contribution in [0.25, 0.3) is 0 Å². The molecule has 1 amide bonds.